The van der Waals surface area contributed by atoms with Gasteiger partial charge in [-0.15, -0.1) is 0 Å². The van der Waals surface area contributed by atoms with Gasteiger partial charge in [0.05, 0.1) is 4.92 Å². The first-order valence-corrected chi connectivity index (χ1v) is 8.36. The predicted molar refractivity (Wildman–Crippen MR) is 83.0 cm³/mol. The van der Waals surface area contributed by atoms with E-state index in [9.17, 15) is 22.9 Å². The number of hydrogen-bond donors (Lipinski definition) is 1. The fraction of sp³-hybridized carbons (Fsp3) is 0.200. The highest BCUT2D eigenvalue weighted by molar-refractivity contribution is 7.89. The van der Waals surface area contributed by atoms with E-state index in [1.807, 2.05) is 0 Å². The molecule has 2 rings (SSSR count). The SMILES string of the molecule is O=[N+]([O-])c1ccccc1S(=O)(=O)NCCCc1ccc(F)cc1. The van der Waals surface area contributed by atoms with Gasteiger partial charge >= 0.3 is 0 Å². The molecular weight excluding hydrogens is 323 g/mol. The minimum Gasteiger partial charge on any atom is -0.258 e. The molecule has 0 spiro atoms. The van der Waals surface area contributed by atoms with Crippen molar-refractivity contribution in [2.24, 2.45) is 0 Å². The fourth-order valence-corrected chi connectivity index (χ4v) is 3.31. The van der Waals surface area contributed by atoms with Crippen LogP contribution in [0.15, 0.2) is 53.4 Å². The van der Waals surface area contributed by atoms with Crippen LogP contribution in [-0.2, 0) is 16.4 Å². The third-order valence-corrected chi connectivity index (χ3v) is 4.71. The van der Waals surface area contributed by atoms with E-state index in [4.69, 9.17) is 0 Å². The zero-order valence-electron chi connectivity index (χ0n) is 12.1. The molecule has 122 valence electrons. The number of hydrogen-bond acceptors (Lipinski definition) is 4. The summed E-state index contributed by atoms with van der Waals surface area (Å²) in [6.45, 7) is 0.131. The highest BCUT2D eigenvalue weighted by atomic mass is 32.2. The summed E-state index contributed by atoms with van der Waals surface area (Å²) >= 11 is 0. The van der Waals surface area contributed by atoms with Crippen LogP contribution in [0.2, 0.25) is 0 Å². The van der Waals surface area contributed by atoms with Gasteiger partial charge in [-0.25, -0.2) is 17.5 Å². The topological polar surface area (TPSA) is 89.3 Å². The number of halogens is 1. The summed E-state index contributed by atoms with van der Waals surface area (Å²) in [4.78, 5) is 9.81. The fourth-order valence-electron chi connectivity index (χ4n) is 2.06. The van der Waals surface area contributed by atoms with Crippen molar-refractivity contribution < 1.29 is 17.7 Å². The van der Waals surface area contributed by atoms with Crippen molar-refractivity contribution in [2.45, 2.75) is 17.7 Å². The van der Waals surface area contributed by atoms with Crippen LogP contribution in [0.5, 0.6) is 0 Å². The maximum Gasteiger partial charge on any atom is 0.289 e. The number of rotatable bonds is 7. The summed E-state index contributed by atoms with van der Waals surface area (Å²) in [5, 5.41) is 10.9. The summed E-state index contributed by atoms with van der Waals surface area (Å²) in [7, 11) is -3.95. The summed E-state index contributed by atoms with van der Waals surface area (Å²) < 4.78 is 39.4. The summed E-state index contributed by atoms with van der Waals surface area (Å²) in [5.41, 5.74) is 0.426. The molecule has 0 radical (unpaired) electrons. The van der Waals surface area contributed by atoms with Gasteiger partial charge in [0, 0.05) is 12.6 Å². The molecule has 0 atom stereocenters. The molecule has 8 heteroatoms. The van der Waals surface area contributed by atoms with Crippen LogP contribution in [0.1, 0.15) is 12.0 Å². The van der Waals surface area contributed by atoms with Crippen molar-refractivity contribution in [2.75, 3.05) is 6.54 Å². The van der Waals surface area contributed by atoms with Gasteiger partial charge in [0.25, 0.3) is 5.69 Å². The Hall–Kier alpha value is -2.32. The maximum absolute atomic E-state index is 12.8. The Morgan fingerprint density at radius 2 is 1.74 bits per heavy atom. The van der Waals surface area contributed by atoms with Crippen molar-refractivity contribution in [3.05, 3.63) is 70.0 Å². The number of nitrogens with one attached hydrogen (secondary N) is 1. The van der Waals surface area contributed by atoms with Crippen LogP contribution in [0.25, 0.3) is 0 Å². The second-order valence-corrected chi connectivity index (χ2v) is 6.59. The second-order valence-electron chi connectivity index (χ2n) is 4.85. The molecule has 2 aromatic carbocycles. The highest BCUT2D eigenvalue weighted by Crippen LogP contribution is 2.22. The van der Waals surface area contributed by atoms with Crippen molar-refractivity contribution in [1.82, 2.24) is 4.72 Å². The number of nitro groups is 1. The lowest BCUT2D eigenvalue weighted by Crippen LogP contribution is -2.25. The molecule has 0 saturated heterocycles. The Morgan fingerprint density at radius 3 is 2.39 bits per heavy atom. The molecule has 0 fully saturated rings. The molecule has 0 aromatic heterocycles. The molecule has 0 amide bonds. The van der Waals surface area contributed by atoms with Gasteiger partial charge < -0.3 is 0 Å². The quantitative estimate of drug-likeness (QED) is 0.477. The first kappa shape index (κ1) is 17.0. The van der Waals surface area contributed by atoms with Gasteiger partial charge in [0.1, 0.15) is 5.82 Å². The molecule has 1 N–H and O–H groups in total. The molecule has 0 heterocycles. The Bertz CT molecular complexity index is 791. The van der Waals surface area contributed by atoms with Crippen molar-refractivity contribution >= 4 is 15.7 Å². The Labute approximate surface area is 133 Å². The third-order valence-electron chi connectivity index (χ3n) is 3.20. The van der Waals surface area contributed by atoms with E-state index in [1.54, 1.807) is 12.1 Å². The molecule has 0 aliphatic carbocycles. The van der Waals surface area contributed by atoms with Crippen LogP contribution >= 0.6 is 0 Å². The zero-order valence-corrected chi connectivity index (χ0v) is 12.9. The average Bonchev–Trinajstić information content (AvgIpc) is 2.53. The standard InChI is InChI=1S/C15H15FN2O4S/c16-13-9-7-12(8-10-13)4-3-11-17-23(21,22)15-6-2-1-5-14(15)18(19)20/h1-2,5-10,17H,3-4,11H2. The first-order valence-electron chi connectivity index (χ1n) is 6.88. The molecule has 0 aliphatic heterocycles. The van der Waals surface area contributed by atoms with Crippen molar-refractivity contribution in [1.29, 1.82) is 0 Å². The number of sulfonamides is 1. The Balaban J connectivity index is 1.97. The number of aryl methyl sites for hydroxylation is 1. The van der Waals surface area contributed by atoms with Crippen LogP contribution in [0.4, 0.5) is 10.1 Å². The van der Waals surface area contributed by atoms with E-state index < -0.39 is 20.6 Å². The second kappa shape index (κ2) is 7.30. The Kier molecular flexibility index (Phi) is 5.41. The van der Waals surface area contributed by atoms with Crippen LogP contribution < -0.4 is 4.72 Å². The average molecular weight is 338 g/mol. The maximum atomic E-state index is 12.8. The molecule has 2 aromatic rings. The highest BCUT2D eigenvalue weighted by Gasteiger charge is 2.24. The summed E-state index contributed by atoms with van der Waals surface area (Å²) in [6.07, 6.45) is 1.06. The monoisotopic (exact) mass is 338 g/mol. The molecule has 0 unspecified atom stereocenters. The van der Waals surface area contributed by atoms with Gasteiger partial charge in [0.15, 0.2) is 4.90 Å². The number of benzene rings is 2. The molecule has 23 heavy (non-hydrogen) atoms. The lowest BCUT2D eigenvalue weighted by molar-refractivity contribution is -0.387. The minimum atomic E-state index is -3.95. The predicted octanol–water partition coefficient (Wildman–Crippen LogP) is 2.65. The van der Waals surface area contributed by atoms with Gasteiger partial charge in [-0.3, -0.25) is 10.1 Å². The number of nitro benzene ring substituents is 1. The third kappa shape index (κ3) is 4.57. The van der Waals surface area contributed by atoms with Crippen LogP contribution in [0, 0.1) is 15.9 Å². The molecular formula is C15H15FN2O4S. The van der Waals surface area contributed by atoms with Crippen molar-refractivity contribution in [3.63, 3.8) is 0 Å². The lowest BCUT2D eigenvalue weighted by atomic mass is 10.1. The Morgan fingerprint density at radius 1 is 1.09 bits per heavy atom. The first-order chi connectivity index (χ1) is 10.9. The lowest BCUT2D eigenvalue weighted by Gasteiger charge is -2.07. The molecule has 0 saturated carbocycles. The van der Waals surface area contributed by atoms with E-state index in [0.717, 1.165) is 11.6 Å². The van der Waals surface area contributed by atoms with E-state index in [-0.39, 0.29) is 17.3 Å². The summed E-state index contributed by atoms with van der Waals surface area (Å²) in [5.74, 6) is -0.328. The molecule has 0 bridgehead atoms. The zero-order chi connectivity index (χ0) is 16.9. The van der Waals surface area contributed by atoms with E-state index in [0.29, 0.717) is 12.8 Å². The van der Waals surface area contributed by atoms with Gasteiger partial charge in [-0.2, -0.15) is 0 Å². The van der Waals surface area contributed by atoms with E-state index >= 15 is 0 Å². The van der Waals surface area contributed by atoms with Gasteiger partial charge in [0.2, 0.25) is 10.0 Å². The minimum absolute atomic E-state index is 0.131. The van der Waals surface area contributed by atoms with E-state index in [1.165, 1.54) is 30.3 Å². The number of nitrogens with zero attached hydrogens (tertiary/aromatic N) is 1. The smallest absolute Gasteiger partial charge is 0.258 e. The largest absolute Gasteiger partial charge is 0.289 e. The normalized spacial score (nSPS) is 11.3. The van der Waals surface area contributed by atoms with Crippen LogP contribution in [-0.4, -0.2) is 19.9 Å². The molecule has 0 aliphatic rings. The van der Waals surface area contributed by atoms with Crippen LogP contribution in [0.3, 0.4) is 0 Å². The summed E-state index contributed by atoms with van der Waals surface area (Å²) in [6, 6.07) is 11.1. The van der Waals surface area contributed by atoms with E-state index in [2.05, 4.69) is 4.72 Å². The molecule has 6 nitrogen and oxygen atoms in total. The number of para-hydroxylation sites is 1. The van der Waals surface area contributed by atoms with Crippen molar-refractivity contribution in [3.8, 4) is 0 Å². The van der Waals surface area contributed by atoms with Gasteiger partial charge in [-0.1, -0.05) is 24.3 Å². The van der Waals surface area contributed by atoms with Gasteiger partial charge in [-0.05, 0) is 36.6 Å².